The van der Waals surface area contributed by atoms with E-state index in [9.17, 15) is 4.79 Å². The van der Waals surface area contributed by atoms with Crippen molar-refractivity contribution in [1.82, 2.24) is 0 Å². The van der Waals surface area contributed by atoms with Gasteiger partial charge in [0.25, 0.3) is 0 Å². The zero-order valence-corrected chi connectivity index (χ0v) is 5.59. The van der Waals surface area contributed by atoms with Crippen molar-refractivity contribution in [3.63, 3.8) is 0 Å². The lowest BCUT2D eigenvalue weighted by Crippen LogP contribution is -2.07. The second-order valence-corrected chi connectivity index (χ2v) is 1.69. The molecule has 0 aliphatic carbocycles. The van der Waals surface area contributed by atoms with E-state index in [0.717, 1.165) is 6.42 Å². The van der Waals surface area contributed by atoms with Gasteiger partial charge in [-0.25, -0.2) is 0 Å². The second-order valence-electron chi connectivity index (χ2n) is 1.69. The Bertz CT molecular complexity index is 80.4. The van der Waals surface area contributed by atoms with E-state index in [1.807, 2.05) is 6.92 Å². The summed E-state index contributed by atoms with van der Waals surface area (Å²) in [5.74, 6) is -0.230. The van der Waals surface area contributed by atoms with Crippen LogP contribution in [0.2, 0.25) is 0 Å². The van der Waals surface area contributed by atoms with Gasteiger partial charge in [0, 0.05) is 6.42 Å². The first-order chi connectivity index (χ1) is 4.31. The molecule has 0 spiro atoms. The molecule has 0 heterocycles. The minimum atomic E-state index is -0.230. The van der Waals surface area contributed by atoms with Crippen molar-refractivity contribution in [2.75, 3.05) is 13.2 Å². The molecule has 0 radical (unpaired) electrons. The topological polar surface area (TPSA) is 46.5 Å². The van der Waals surface area contributed by atoms with Crippen LogP contribution in [0.25, 0.3) is 0 Å². The SMILES string of the molecule is CCCC(=O)OCCO. The molecule has 0 amide bonds. The standard InChI is InChI=1S/C6H12O3/c1-2-3-6(8)9-5-4-7/h7H,2-5H2,1H3. The molecule has 54 valence electrons. The molecule has 0 atom stereocenters. The lowest BCUT2D eigenvalue weighted by atomic mass is 10.3. The van der Waals surface area contributed by atoms with E-state index in [0.29, 0.717) is 6.42 Å². The molecule has 0 aromatic carbocycles. The number of aliphatic hydroxyl groups is 1. The Labute approximate surface area is 54.6 Å². The Balaban J connectivity index is 3.06. The van der Waals surface area contributed by atoms with Gasteiger partial charge in [-0.05, 0) is 6.42 Å². The number of hydrogen-bond acceptors (Lipinski definition) is 3. The van der Waals surface area contributed by atoms with Crippen molar-refractivity contribution in [3.05, 3.63) is 0 Å². The highest BCUT2D eigenvalue weighted by Gasteiger charge is 1.97. The summed E-state index contributed by atoms with van der Waals surface area (Å²) in [4.78, 5) is 10.5. The molecule has 0 unspecified atom stereocenters. The number of hydrogen-bond donors (Lipinski definition) is 1. The summed E-state index contributed by atoms with van der Waals surface area (Å²) in [6.45, 7) is 1.94. The van der Waals surface area contributed by atoms with Gasteiger partial charge in [-0.2, -0.15) is 0 Å². The maximum absolute atomic E-state index is 10.5. The fourth-order valence-electron chi connectivity index (χ4n) is 0.436. The van der Waals surface area contributed by atoms with Crippen molar-refractivity contribution in [1.29, 1.82) is 0 Å². The Kier molecular flexibility index (Phi) is 5.21. The second kappa shape index (κ2) is 5.56. The molecular formula is C6H12O3. The van der Waals surface area contributed by atoms with Crippen LogP contribution < -0.4 is 0 Å². The molecule has 0 aromatic heterocycles. The molecule has 0 fully saturated rings. The van der Waals surface area contributed by atoms with Gasteiger partial charge in [-0.1, -0.05) is 6.92 Å². The molecule has 1 N–H and O–H groups in total. The van der Waals surface area contributed by atoms with Gasteiger partial charge in [0.05, 0.1) is 6.61 Å². The Morgan fingerprint density at radius 1 is 1.67 bits per heavy atom. The van der Waals surface area contributed by atoms with Gasteiger partial charge in [-0.15, -0.1) is 0 Å². The maximum Gasteiger partial charge on any atom is 0.305 e. The first-order valence-electron chi connectivity index (χ1n) is 3.07. The van der Waals surface area contributed by atoms with E-state index in [2.05, 4.69) is 4.74 Å². The Morgan fingerprint density at radius 3 is 2.78 bits per heavy atom. The zero-order chi connectivity index (χ0) is 7.11. The summed E-state index contributed by atoms with van der Waals surface area (Å²) in [5, 5.41) is 8.21. The molecule has 3 nitrogen and oxygen atoms in total. The van der Waals surface area contributed by atoms with Crippen LogP contribution in [0.4, 0.5) is 0 Å². The van der Waals surface area contributed by atoms with Gasteiger partial charge >= 0.3 is 5.97 Å². The van der Waals surface area contributed by atoms with Crippen LogP contribution in [0.5, 0.6) is 0 Å². The first kappa shape index (κ1) is 8.43. The molecule has 3 heteroatoms. The van der Waals surface area contributed by atoms with Crippen LogP contribution in [-0.2, 0) is 9.53 Å². The number of carbonyl (C=O) groups is 1. The van der Waals surface area contributed by atoms with E-state index >= 15 is 0 Å². The Hall–Kier alpha value is -0.570. The first-order valence-corrected chi connectivity index (χ1v) is 3.07. The normalized spacial score (nSPS) is 9.11. The van der Waals surface area contributed by atoms with E-state index < -0.39 is 0 Å². The zero-order valence-electron chi connectivity index (χ0n) is 5.59. The van der Waals surface area contributed by atoms with Gasteiger partial charge in [-0.3, -0.25) is 4.79 Å². The average molecular weight is 132 g/mol. The van der Waals surface area contributed by atoms with E-state index in [-0.39, 0.29) is 19.2 Å². The summed E-state index contributed by atoms with van der Waals surface area (Å²) < 4.78 is 4.54. The van der Waals surface area contributed by atoms with Crippen LogP contribution in [0.1, 0.15) is 19.8 Å². The molecule has 9 heavy (non-hydrogen) atoms. The van der Waals surface area contributed by atoms with Gasteiger partial charge in [0.1, 0.15) is 6.61 Å². The van der Waals surface area contributed by atoms with Gasteiger partial charge in [0.15, 0.2) is 0 Å². The summed E-state index contributed by atoms with van der Waals surface area (Å²) >= 11 is 0. The van der Waals surface area contributed by atoms with Crippen molar-refractivity contribution >= 4 is 5.97 Å². The highest BCUT2D eigenvalue weighted by Crippen LogP contribution is 1.89. The quantitative estimate of drug-likeness (QED) is 0.560. The molecule has 0 rings (SSSR count). The van der Waals surface area contributed by atoms with Crippen molar-refractivity contribution < 1.29 is 14.6 Å². The average Bonchev–Trinajstić information content (AvgIpc) is 1.85. The highest BCUT2D eigenvalue weighted by molar-refractivity contribution is 5.69. The van der Waals surface area contributed by atoms with E-state index in [1.54, 1.807) is 0 Å². The largest absolute Gasteiger partial charge is 0.463 e. The third-order valence-electron chi connectivity index (χ3n) is 0.808. The fourth-order valence-corrected chi connectivity index (χ4v) is 0.436. The summed E-state index contributed by atoms with van der Waals surface area (Å²) in [5.41, 5.74) is 0. The molecule has 0 bridgehead atoms. The van der Waals surface area contributed by atoms with Crippen LogP contribution in [0, 0.1) is 0 Å². The summed E-state index contributed by atoms with van der Waals surface area (Å²) in [6.07, 6.45) is 1.24. The van der Waals surface area contributed by atoms with Crippen LogP contribution in [-0.4, -0.2) is 24.3 Å². The van der Waals surface area contributed by atoms with Crippen LogP contribution in [0.3, 0.4) is 0 Å². The van der Waals surface area contributed by atoms with E-state index in [4.69, 9.17) is 5.11 Å². The smallest absolute Gasteiger partial charge is 0.305 e. The highest BCUT2D eigenvalue weighted by atomic mass is 16.5. The van der Waals surface area contributed by atoms with Crippen LogP contribution >= 0.6 is 0 Å². The number of esters is 1. The predicted molar refractivity (Wildman–Crippen MR) is 33.0 cm³/mol. The fraction of sp³-hybridized carbons (Fsp3) is 0.833. The molecule has 0 saturated heterocycles. The number of rotatable bonds is 4. The number of ether oxygens (including phenoxy) is 1. The number of carbonyl (C=O) groups excluding carboxylic acids is 1. The molecule has 0 aliphatic heterocycles. The summed E-state index contributed by atoms with van der Waals surface area (Å²) in [7, 11) is 0. The minimum Gasteiger partial charge on any atom is -0.463 e. The predicted octanol–water partition coefficient (Wildman–Crippen LogP) is 0.322. The molecular weight excluding hydrogens is 120 g/mol. The lowest BCUT2D eigenvalue weighted by molar-refractivity contribution is -0.144. The van der Waals surface area contributed by atoms with Crippen LogP contribution in [0.15, 0.2) is 0 Å². The van der Waals surface area contributed by atoms with Gasteiger partial charge in [0.2, 0.25) is 0 Å². The van der Waals surface area contributed by atoms with E-state index in [1.165, 1.54) is 0 Å². The third-order valence-corrected chi connectivity index (χ3v) is 0.808. The third kappa shape index (κ3) is 5.30. The minimum absolute atomic E-state index is 0.0878. The van der Waals surface area contributed by atoms with Gasteiger partial charge < -0.3 is 9.84 Å². The molecule has 0 aromatic rings. The summed E-state index contributed by atoms with van der Waals surface area (Å²) in [6, 6.07) is 0. The van der Waals surface area contributed by atoms with Crippen molar-refractivity contribution in [3.8, 4) is 0 Å². The van der Waals surface area contributed by atoms with Crippen molar-refractivity contribution in [2.45, 2.75) is 19.8 Å². The molecule has 0 aliphatic rings. The molecule has 0 saturated carbocycles. The monoisotopic (exact) mass is 132 g/mol. The lowest BCUT2D eigenvalue weighted by Gasteiger charge is -1.98. The number of aliphatic hydroxyl groups excluding tert-OH is 1. The van der Waals surface area contributed by atoms with Crippen molar-refractivity contribution in [2.24, 2.45) is 0 Å². The maximum atomic E-state index is 10.5. The Morgan fingerprint density at radius 2 is 2.33 bits per heavy atom.